The number of likely N-dealkylation sites (tertiary alicyclic amines) is 1. The highest BCUT2D eigenvalue weighted by Crippen LogP contribution is 2.27. The summed E-state index contributed by atoms with van der Waals surface area (Å²) in [5.74, 6) is -0.464. The molecule has 0 aliphatic carbocycles. The van der Waals surface area contributed by atoms with Crippen molar-refractivity contribution in [2.45, 2.75) is 20.8 Å². The molecule has 0 aromatic heterocycles. The Kier molecular flexibility index (Phi) is 4.18. The number of primary amides is 1. The van der Waals surface area contributed by atoms with Crippen LogP contribution in [0.5, 0.6) is 0 Å². The number of amides is 2. The van der Waals surface area contributed by atoms with Crippen LogP contribution in [0.15, 0.2) is 16.6 Å². The van der Waals surface area contributed by atoms with Gasteiger partial charge in [0.05, 0.1) is 5.92 Å². The summed E-state index contributed by atoms with van der Waals surface area (Å²) in [7, 11) is 0. The number of hydrogen-bond acceptors (Lipinski definition) is 2. The molecule has 0 bridgehead atoms. The molecule has 1 saturated heterocycles. The summed E-state index contributed by atoms with van der Waals surface area (Å²) in [6.07, 6.45) is 0. The van der Waals surface area contributed by atoms with Gasteiger partial charge in [0.25, 0.3) is 5.91 Å². The van der Waals surface area contributed by atoms with E-state index in [-0.39, 0.29) is 23.7 Å². The lowest BCUT2D eigenvalue weighted by atomic mass is 9.98. The molecule has 1 fully saturated rings. The second-order valence-electron chi connectivity index (χ2n) is 5.61. The lowest BCUT2D eigenvalue weighted by molar-refractivity contribution is -0.122. The molecule has 4 nitrogen and oxygen atoms in total. The first-order chi connectivity index (χ1) is 9.31. The predicted molar refractivity (Wildman–Crippen MR) is 81.4 cm³/mol. The Bertz CT molecular complexity index is 571. The van der Waals surface area contributed by atoms with Crippen molar-refractivity contribution < 1.29 is 9.59 Å². The van der Waals surface area contributed by atoms with E-state index in [9.17, 15) is 9.59 Å². The van der Waals surface area contributed by atoms with Gasteiger partial charge in [-0.2, -0.15) is 0 Å². The van der Waals surface area contributed by atoms with Gasteiger partial charge in [-0.15, -0.1) is 0 Å². The third-order valence-electron chi connectivity index (χ3n) is 4.00. The van der Waals surface area contributed by atoms with Crippen molar-refractivity contribution in [3.8, 4) is 0 Å². The lowest BCUT2D eigenvalue weighted by Gasteiger charge is -2.18. The van der Waals surface area contributed by atoms with Crippen molar-refractivity contribution >= 4 is 27.7 Å². The molecule has 1 aromatic rings. The van der Waals surface area contributed by atoms with Gasteiger partial charge >= 0.3 is 0 Å². The van der Waals surface area contributed by atoms with Crippen LogP contribution in [0.25, 0.3) is 0 Å². The number of nitrogens with two attached hydrogens (primary N) is 1. The zero-order valence-corrected chi connectivity index (χ0v) is 13.5. The first-order valence-electron chi connectivity index (χ1n) is 6.66. The largest absolute Gasteiger partial charge is 0.369 e. The Hall–Kier alpha value is -1.36. The number of nitrogens with zero attached hydrogens (tertiary/aromatic N) is 1. The maximum atomic E-state index is 12.6. The third-order valence-corrected chi connectivity index (χ3v) is 4.86. The number of carbonyl (C=O) groups excluding carboxylic acids is 2. The van der Waals surface area contributed by atoms with Gasteiger partial charge in [-0.05, 0) is 43.0 Å². The predicted octanol–water partition coefficient (Wildman–Crippen LogP) is 2.26. The first-order valence-corrected chi connectivity index (χ1v) is 7.46. The van der Waals surface area contributed by atoms with Gasteiger partial charge in [-0.3, -0.25) is 9.59 Å². The number of aryl methyl sites for hydroxylation is 2. The average molecular weight is 339 g/mol. The highest BCUT2D eigenvalue weighted by atomic mass is 79.9. The average Bonchev–Trinajstić information content (AvgIpc) is 2.75. The summed E-state index contributed by atoms with van der Waals surface area (Å²) in [5, 5.41) is 0. The molecule has 108 valence electrons. The van der Waals surface area contributed by atoms with Gasteiger partial charge in [0.15, 0.2) is 0 Å². The molecule has 1 aliphatic rings. The van der Waals surface area contributed by atoms with Crippen LogP contribution in [0.4, 0.5) is 0 Å². The van der Waals surface area contributed by atoms with E-state index in [2.05, 4.69) is 15.9 Å². The molecule has 0 saturated carbocycles. The van der Waals surface area contributed by atoms with E-state index in [1.807, 2.05) is 32.9 Å². The van der Waals surface area contributed by atoms with Crippen LogP contribution < -0.4 is 5.73 Å². The summed E-state index contributed by atoms with van der Waals surface area (Å²) < 4.78 is 0.997. The van der Waals surface area contributed by atoms with Gasteiger partial charge < -0.3 is 10.6 Å². The van der Waals surface area contributed by atoms with Crippen molar-refractivity contribution in [3.63, 3.8) is 0 Å². The summed E-state index contributed by atoms with van der Waals surface area (Å²) in [4.78, 5) is 25.7. The van der Waals surface area contributed by atoms with E-state index >= 15 is 0 Å². The Morgan fingerprint density at radius 2 is 1.90 bits per heavy atom. The number of hydrogen-bond donors (Lipinski definition) is 1. The molecule has 20 heavy (non-hydrogen) atoms. The number of halogens is 1. The van der Waals surface area contributed by atoms with Crippen LogP contribution in [-0.4, -0.2) is 29.8 Å². The zero-order valence-electron chi connectivity index (χ0n) is 11.9. The highest BCUT2D eigenvalue weighted by Gasteiger charge is 2.36. The fraction of sp³-hybridized carbons (Fsp3) is 0.467. The molecular formula is C15H19BrN2O2. The van der Waals surface area contributed by atoms with Crippen LogP contribution in [0.3, 0.4) is 0 Å². The van der Waals surface area contributed by atoms with Crippen molar-refractivity contribution in [1.29, 1.82) is 0 Å². The topological polar surface area (TPSA) is 63.4 Å². The molecule has 5 heteroatoms. The highest BCUT2D eigenvalue weighted by molar-refractivity contribution is 9.10. The van der Waals surface area contributed by atoms with Crippen LogP contribution in [0.1, 0.15) is 28.4 Å². The van der Waals surface area contributed by atoms with Crippen LogP contribution >= 0.6 is 15.9 Å². The lowest BCUT2D eigenvalue weighted by Crippen LogP contribution is -2.32. The van der Waals surface area contributed by atoms with Crippen molar-refractivity contribution in [3.05, 3.63) is 33.3 Å². The van der Waals surface area contributed by atoms with E-state index < -0.39 is 0 Å². The zero-order chi connectivity index (χ0) is 15.0. The first kappa shape index (κ1) is 15.0. The monoisotopic (exact) mass is 338 g/mol. The van der Waals surface area contributed by atoms with Gasteiger partial charge in [0, 0.05) is 23.1 Å². The molecule has 0 radical (unpaired) electrons. The normalized spacial score (nSPS) is 22.1. The third kappa shape index (κ3) is 2.73. The fourth-order valence-electron chi connectivity index (χ4n) is 2.68. The molecule has 1 aromatic carbocycles. The standard InChI is InChI=1S/C15H19BrN2O2/c1-8-5-13(16)9(2)4-11(8)15(20)18-6-10(3)12(7-18)14(17)19/h4-5,10,12H,6-7H2,1-3H3,(H2,17,19)/t10-,12-/m1/s1. The molecule has 0 spiro atoms. The number of benzene rings is 1. The van der Waals surface area contributed by atoms with Gasteiger partial charge in [0.1, 0.15) is 0 Å². The summed E-state index contributed by atoms with van der Waals surface area (Å²) in [5.41, 5.74) is 8.04. The molecule has 1 aliphatic heterocycles. The molecule has 2 amide bonds. The van der Waals surface area contributed by atoms with E-state index in [1.54, 1.807) is 4.90 Å². The van der Waals surface area contributed by atoms with Gasteiger partial charge in [0.2, 0.25) is 5.91 Å². The minimum absolute atomic E-state index is 0.0197. The summed E-state index contributed by atoms with van der Waals surface area (Å²) in [6, 6.07) is 3.84. The van der Waals surface area contributed by atoms with Crippen LogP contribution in [0, 0.1) is 25.7 Å². The van der Waals surface area contributed by atoms with Gasteiger partial charge in [-0.25, -0.2) is 0 Å². The summed E-state index contributed by atoms with van der Waals surface area (Å²) in [6.45, 7) is 6.84. The van der Waals surface area contributed by atoms with E-state index in [0.29, 0.717) is 18.7 Å². The quantitative estimate of drug-likeness (QED) is 0.898. The smallest absolute Gasteiger partial charge is 0.254 e. The molecule has 2 rings (SSSR count). The minimum atomic E-state index is -0.323. The second kappa shape index (κ2) is 5.56. The van der Waals surface area contributed by atoms with Gasteiger partial charge in [-0.1, -0.05) is 22.9 Å². The fourth-order valence-corrected chi connectivity index (χ4v) is 3.14. The van der Waals surface area contributed by atoms with Crippen molar-refractivity contribution in [2.75, 3.05) is 13.1 Å². The maximum absolute atomic E-state index is 12.6. The molecule has 0 unspecified atom stereocenters. The van der Waals surface area contributed by atoms with Crippen molar-refractivity contribution in [2.24, 2.45) is 17.6 Å². The molecule has 1 heterocycles. The number of rotatable bonds is 2. The SMILES string of the molecule is Cc1cc(C(=O)N2C[C@@H](C)[C@H](C(N)=O)C2)c(C)cc1Br. The van der Waals surface area contributed by atoms with E-state index in [1.165, 1.54) is 0 Å². The summed E-state index contributed by atoms with van der Waals surface area (Å²) >= 11 is 3.46. The Balaban J connectivity index is 2.25. The minimum Gasteiger partial charge on any atom is -0.369 e. The maximum Gasteiger partial charge on any atom is 0.254 e. The van der Waals surface area contributed by atoms with Crippen LogP contribution in [0.2, 0.25) is 0 Å². The van der Waals surface area contributed by atoms with E-state index in [4.69, 9.17) is 5.73 Å². The molecular weight excluding hydrogens is 320 g/mol. The Morgan fingerprint density at radius 3 is 2.45 bits per heavy atom. The Morgan fingerprint density at radius 1 is 1.25 bits per heavy atom. The second-order valence-corrected chi connectivity index (χ2v) is 6.47. The molecule has 2 N–H and O–H groups in total. The van der Waals surface area contributed by atoms with Crippen molar-refractivity contribution in [1.82, 2.24) is 4.90 Å². The number of carbonyl (C=O) groups is 2. The van der Waals surface area contributed by atoms with Crippen LogP contribution in [-0.2, 0) is 4.79 Å². The van der Waals surface area contributed by atoms with E-state index in [0.717, 1.165) is 15.6 Å². The Labute approximate surface area is 127 Å². The molecule has 2 atom stereocenters.